The van der Waals surface area contributed by atoms with E-state index in [0.717, 1.165) is 11.3 Å². The first-order valence-corrected chi connectivity index (χ1v) is 6.89. The highest BCUT2D eigenvalue weighted by Gasteiger charge is 2.17. The average molecular weight is 290 g/mol. The molecule has 5 nitrogen and oxygen atoms in total. The van der Waals surface area contributed by atoms with Crippen molar-refractivity contribution in [2.24, 2.45) is 5.73 Å². The lowest BCUT2D eigenvalue weighted by Crippen LogP contribution is -2.36. The van der Waals surface area contributed by atoms with Crippen molar-refractivity contribution in [3.63, 3.8) is 0 Å². The van der Waals surface area contributed by atoms with Crippen LogP contribution in [-0.4, -0.2) is 20.3 Å². The molecule has 0 aliphatic heterocycles. The van der Waals surface area contributed by atoms with Gasteiger partial charge in [-0.2, -0.15) is 0 Å². The lowest BCUT2D eigenvalue weighted by Gasteiger charge is -2.22. The molecule has 114 valence electrons. The molecule has 2 aromatic rings. The van der Waals surface area contributed by atoms with Crippen LogP contribution < -0.4 is 20.5 Å². The normalized spacial score (nSPS) is 13.7. The maximum absolute atomic E-state index is 6.30. The fraction of sp³-hybridized carbons (Fsp3) is 0.375. The maximum Gasteiger partial charge on any atom is 0.161 e. The molecule has 0 aliphatic carbocycles. The summed E-state index contributed by atoms with van der Waals surface area (Å²) in [4.78, 5) is 0. The molecule has 2 atom stereocenters. The van der Waals surface area contributed by atoms with Crippen LogP contribution in [0.1, 0.15) is 24.3 Å². The molecule has 0 radical (unpaired) electrons. The van der Waals surface area contributed by atoms with Gasteiger partial charge in [-0.25, -0.2) is 0 Å². The fourth-order valence-electron chi connectivity index (χ4n) is 2.15. The predicted octanol–water partition coefficient (Wildman–Crippen LogP) is 2.47. The molecule has 0 bridgehead atoms. The van der Waals surface area contributed by atoms with Crippen molar-refractivity contribution < 1.29 is 13.9 Å². The molecule has 2 rings (SSSR count). The molecule has 21 heavy (non-hydrogen) atoms. The van der Waals surface area contributed by atoms with E-state index in [1.54, 1.807) is 20.5 Å². The second-order valence-electron chi connectivity index (χ2n) is 4.89. The summed E-state index contributed by atoms with van der Waals surface area (Å²) in [6.07, 6.45) is 1.66. The quantitative estimate of drug-likeness (QED) is 0.820. The van der Waals surface area contributed by atoms with Gasteiger partial charge in [-0.1, -0.05) is 6.07 Å². The zero-order valence-electron chi connectivity index (χ0n) is 12.6. The van der Waals surface area contributed by atoms with E-state index in [0.29, 0.717) is 18.0 Å². The van der Waals surface area contributed by atoms with Crippen LogP contribution in [0.5, 0.6) is 11.5 Å². The largest absolute Gasteiger partial charge is 0.493 e. The van der Waals surface area contributed by atoms with Gasteiger partial charge in [0.15, 0.2) is 11.5 Å². The summed E-state index contributed by atoms with van der Waals surface area (Å²) in [5.74, 6) is 2.27. The number of benzene rings is 1. The van der Waals surface area contributed by atoms with E-state index in [1.807, 2.05) is 37.3 Å². The molecule has 1 aromatic heterocycles. The molecule has 1 aromatic carbocycles. The van der Waals surface area contributed by atoms with Crippen molar-refractivity contribution in [3.05, 3.63) is 47.9 Å². The van der Waals surface area contributed by atoms with Gasteiger partial charge >= 0.3 is 0 Å². The number of hydrogen-bond donors (Lipinski definition) is 2. The smallest absolute Gasteiger partial charge is 0.161 e. The summed E-state index contributed by atoms with van der Waals surface area (Å²) >= 11 is 0. The van der Waals surface area contributed by atoms with Gasteiger partial charge < -0.3 is 24.9 Å². The highest BCUT2D eigenvalue weighted by Crippen LogP contribution is 2.30. The van der Waals surface area contributed by atoms with Crippen molar-refractivity contribution in [1.82, 2.24) is 5.32 Å². The highest BCUT2D eigenvalue weighted by molar-refractivity contribution is 5.44. The van der Waals surface area contributed by atoms with Crippen LogP contribution in [-0.2, 0) is 6.54 Å². The summed E-state index contributed by atoms with van der Waals surface area (Å²) in [6, 6.07) is 9.48. The summed E-state index contributed by atoms with van der Waals surface area (Å²) < 4.78 is 15.8. The number of methoxy groups -OCH3 is 2. The molecule has 0 saturated carbocycles. The number of hydrogen-bond acceptors (Lipinski definition) is 5. The first-order chi connectivity index (χ1) is 10.2. The summed E-state index contributed by atoms with van der Waals surface area (Å²) in [7, 11) is 3.23. The Labute approximate surface area is 125 Å². The van der Waals surface area contributed by atoms with Crippen molar-refractivity contribution in [2.45, 2.75) is 25.6 Å². The Morgan fingerprint density at radius 1 is 1.19 bits per heavy atom. The number of nitrogens with two attached hydrogens (primary N) is 1. The monoisotopic (exact) mass is 290 g/mol. The topological polar surface area (TPSA) is 69.7 Å². The lowest BCUT2D eigenvalue weighted by atomic mass is 10.0. The van der Waals surface area contributed by atoms with Gasteiger partial charge in [0.1, 0.15) is 5.76 Å². The van der Waals surface area contributed by atoms with Gasteiger partial charge in [0, 0.05) is 12.1 Å². The Balaban J connectivity index is 2.02. The van der Waals surface area contributed by atoms with Crippen LogP contribution in [0.2, 0.25) is 0 Å². The Hall–Kier alpha value is -1.98. The maximum atomic E-state index is 6.30. The van der Waals surface area contributed by atoms with Crippen LogP contribution >= 0.6 is 0 Å². The molecule has 5 heteroatoms. The minimum atomic E-state index is -0.153. The third-order valence-corrected chi connectivity index (χ3v) is 3.51. The van der Waals surface area contributed by atoms with Crippen molar-refractivity contribution in [1.29, 1.82) is 0 Å². The van der Waals surface area contributed by atoms with Crippen molar-refractivity contribution in [2.75, 3.05) is 14.2 Å². The van der Waals surface area contributed by atoms with Gasteiger partial charge in [-0.15, -0.1) is 0 Å². The zero-order chi connectivity index (χ0) is 15.2. The Morgan fingerprint density at radius 2 is 1.95 bits per heavy atom. The van der Waals surface area contributed by atoms with Crippen LogP contribution in [0.25, 0.3) is 0 Å². The first kappa shape index (κ1) is 15.4. The van der Waals surface area contributed by atoms with Crippen molar-refractivity contribution in [3.8, 4) is 11.5 Å². The van der Waals surface area contributed by atoms with Gasteiger partial charge in [0.05, 0.1) is 27.0 Å². The zero-order valence-corrected chi connectivity index (χ0v) is 12.6. The number of furan rings is 1. The molecular formula is C16H22N2O3. The van der Waals surface area contributed by atoms with Gasteiger partial charge in [-0.3, -0.25) is 0 Å². The fourth-order valence-corrected chi connectivity index (χ4v) is 2.15. The summed E-state index contributed by atoms with van der Waals surface area (Å²) in [5.41, 5.74) is 7.30. The van der Waals surface area contributed by atoms with E-state index in [1.165, 1.54) is 0 Å². The van der Waals surface area contributed by atoms with Gasteiger partial charge in [0.2, 0.25) is 0 Å². The van der Waals surface area contributed by atoms with Crippen LogP contribution in [0.15, 0.2) is 41.0 Å². The Kier molecular flexibility index (Phi) is 5.25. The molecule has 0 saturated heterocycles. The first-order valence-electron chi connectivity index (χ1n) is 6.89. The van der Waals surface area contributed by atoms with E-state index in [-0.39, 0.29) is 12.1 Å². The van der Waals surface area contributed by atoms with E-state index < -0.39 is 0 Å². The van der Waals surface area contributed by atoms with Crippen LogP contribution in [0, 0.1) is 0 Å². The number of nitrogens with one attached hydrogen (secondary N) is 1. The molecule has 0 fully saturated rings. The van der Waals surface area contributed by atoms with Gasteiger partial charge in [0.25, 0.3) is 0 Å². The van der Waals surface area contributed by atoms with E-state index >= 15 is 0 Å². The molecule has 2 unspecified atom stereocenters. The van der Waals surface area contributed by atoms with Crippen LogP contribution in [0.3, 0.4) is 0 Å². The molecule has 0 amide bonds. The van der Waals surface area contributed by atoms with Crippen molar-refractivity contribution >= 4 is 0 Å². The third-order valence-electron chi connectivity index (χ3n) is 3.51. The second-order valence-corrected chi connectivity index (χ2v) is 4.89. The lowest BCUT2D eigenvalue weighted by molar-refractivity contribution is 0.353. The van der Waals surface area contributed by atoms with Crippen LogP contribution in [0.4, 0.5) is 0 Å². The minimum absolute atomic E-state index is 0.0909. The number of ether oxygens (including phenoxy) is 2. The third kappa shape index (κ3) is 3.77. The second kappa shape index (κ2) is 7.15. The van der Waals surface area contributed by atoms with Gasteiger partial charge in [-0.05, 0) is 36.8 Å². The summed E-state index contributed by atoms with van der Waals surface area (Å²) in [5, 5.41) is 3.36. The Morgan fingerprint density at radius 3 is 2.57 bits per heavy atom. The van der Waals surface area contributed by atoms with E-state index in [4.69, 9.17) is 19.6 Å². The van der Waals surface area contributed by atoms with E-state index in [9.17, 15) is 0 Å². The molecule has 0 spiro atoms. The molecular weight excluding hydrogens is 268 g/mol. The van der Waals surface area contributed by atoms with E-state index in [2.05, 4.69) is 5.32 Å². The number of rotatable bonds is 7. The predicted molar refractivity (Wildman–Crippen MR) is 81.5 cm³/mol. The standard InChI is InChI=1S/C16H22N2O3/c1-11(18-10-13-5-4-8-21-13)16(17)12-6-7-14(19-2)15(9-12)20-3/h4-9,11,16,18H,10,17H2,1-3H3. The highest BCUT2D eigenvalue weighted by atomic mass is 16.5. The molecule has 1 heterocycles. The molecule has 3 N–H and O–H groups in total. The SMILES string of the molecule is COc1ccc(C(N)C(C)NCc2ccco2)cc1OC. The summed E-state index contributed by atoms with van der Waals surface area (Å²) in [6.45, 7) is 2.69. The average Bonchev–Trinajstić information content (AvgIpc) is 3.04. The Bertz CT molecular complexity index is 555. The minimum Gasteiger partial charge on any atom is -0.493 e. The molecule has 0 aliphatic rings.